The molecule has 5 aliphatic rings. The third kappa shape index (κ3) is 3.65. The standard InChI is InChI=1S/C28H40O5/c1-5-31-24(30)9-6-18(2)20-7-8-21-25-22(10-11-27(20,21)4)26(3)12-13-28(32-14-15-33-28)17-19(26)16-23(25)29/h6,9,16,18,20-22,25H,5,7-8,10-15,17H2,1-4H3/b9-6+/t18-,20-,21+,22+,25+,26+,27-/m1/s1. The van der Waals surface area contributed by atoms with Gasteiger partial charge in [-0.25, -0.2) is 4.79 Å². The highest BCUT2D eigenvalue weighted by Gasteiger charge is 2.62. The summed E-state index contributed by atoms with van der Waals surface area (Å²) < 4.78 is 17.1. The molecule has 182 valence electrons. The third-order valence-electron chi connectivity index (χ3n) is 10.3. The van der Waals surface area contributed by atoms with E-state index in [4.69, 9.17) is 14.2 Å². The second-order valence-electron chi connectivity index (χ2n) is 11.7. The number of ketones is 1. The van der Waals surface area contributed by atoms with Gasteiger partial charge in [0.2, 0.25) is 0 Å². The highest BCUT2D eigenvalue weighted by Crippen LogP contribution is 2.67. The van der Waals surface area contributed by atoms with E-state index in [-0.39, 0.29) is 22.7 Å². The van der Waals surface area contributed by atoms with Crippen LogP contribution in [0.3, 0.4) is 0 Å². The molecule has 0 radical (unpaired) electrons. The summed E-state index contributed by atoms with van der Waals surface area (Å²) in [6.45, 7) is 10.6. The van der Waals surface area contributed by atoms with E-state index in [0.29, 0.717) is 49.3 Å². The Hall–Kier alpha value is -1.46. The van der Waals surface area contributed by atoms with Gasteiger partial charge in [0.25, 0.3) is 0 Å². The number of esters is 1. The molecule has 1 spiro atoms. The number of rotatable bonds is 4. The van der Waals surface area contributed by atoms with Crippen LogP contribution in [0.4, 0.5) is 0 Å². The average molecular weight is 457 g/mol. The molecule has 33 heavy (non-hydrogen) atoms. The van der Waals surface area contributed by atoms with Crippen molar-refractivity contribution in [1.29, 1.82) is 0 Å². The molecular formula is C28H40O5. The van der Waals surface area contributed by atoms with Crippen LogP contribution >= 0.6 is 0 Å². The van der Waals surface area contributed by atoms with Gasteiger partial charge in [-0.2, -0.15) is 0 Å². The number of fused-ring (bicyclic) bond motifs is 5. The van der Waals surface area contributed by atoms with Gasteiger partial charge in [-0.1, -0.05) is 32.4 Å². The van der Waals surface area contributed by atoms with Gasteiger partial charge < -0.3 is 14.2 Å². The minimum Gasteiger partial charge on any atom is -0.463 e. The molecule has 3 saturated carbocycles. The number of carbonyl (C=O) groups excluding carboxylic acids is 2. The van der Waals surface area contributed by atoms with Crippen LogP contribution < -0.4 is 0 Å². The molecule has 0 amide bonds. The van der Waals surface area contributed by atoms with Crippen LogP contribution in [0.2, 0.25) is 0 Å². The van der Waals surface area contributed by atoms with Gasteiger partial charge in [-0.3, -0.25) is 4.79 Å². The van der Waals surface area contributed by atoms with E-state index in [1.54, 1.807) is 6.08 Å². The Balaban J connectivity index is 1.38. The lowest BCUT2D eigenvalue weighted by atomic mass is 9.46. The molecule has 1 heterocycles. The van der Waals surface area contributed by atoms with E-state index in [1.807, 2.05) is 19.1 Å². The van der Waals surface area contributed by atoms with Crippen molar-refractivity contribution in [1.82, 2.24) is 0 Å². The molecule has 1 saturated heterocycles. The molecule has 5 heteroatoms. The summed E-state index contributed by atoms with van der Waals surface area (Å²) in [7, 11) is 0. The minimum absolute atomic E-state index is 0.0774. The molecule has 4 aliphatic carbocycles. The van der Waals surface area contributed by atoms with E-state index in [0.717, 1.165) is 44.9 Å². The van der Waals surface area contributed by atoms with Crippen molar-refractivity contribution in [2.24, 2.45) is 40.4 Å². The average Bonchev–Trinajstić information content (AvgIpc) is 3.38. The predicted molar refractivity (Wildman–Crippen MR) is 125 cm³/mol. The van der Waals surface area contributed by atoms with Gasteiger partial charge in [-0.15, -0.1) is 0 Å². The SMILES string of the molecule is CCOC(=O)/C=C/[C@@H](C)[C@H]1CC[C@H]2[C@@H]3C(=O)C=C4CC5(CC[C@]4(C)[C@H]3CC[C@]12C)OCCO5. The lowest BCUT2D eigenvalue weighted by Crippen LogP contribution is -2.55. The van der Waals surface area contributed by atoms with Crippen molar-refractivity contribution < 1.29 is 23.8 Å². The minimum atomic E-state index is -0.485. The first-order valence-corrected chi connectivity index (χ1v) is 13.1. The molecule has 5 nitrogen and oxygen atoms in total. The molecule has 5 rings (SSSR count). The Kier molecular flexibility index (Phi) is 5.88. The molecule has 7 atom stereocenters. The molecular weight excluding hydrogens is 416 g/mol. The molecule has 0 aromatic heterocycles. The summed E-state index contributed by atoms with van der Waals surface area (Å²) >= 11 is 0. The van der Waals surface area contributed by atoms with Crippen molar-refractivity contribution in [3.8, 4) is 0 Å². The van der Waals surface area contributed by atoms with E-state index >= 15 is 0 Å². The van der Waals surface area contributed by atoms with Crippen molar-refractivity contribution >= 4 is 11.8 Å². The van der Waals surface area contributed by atoms with Gasteiger partial charge in [0.15, 0.2) is 11.6 Å². The lowest BCUT2D eigenvalue weighted by Gasteiger charge is -2.58. The largest absolute Gasteiger partial charge is 0.463 e. The number of hydrogen-bond acceptors (Lipinski definition) is 5. The zero-order chi connectivity index (χ0) is 23.4. The second-order valence-corrected chi connectivity index (χ2v) is 11.7. The predicted octanol–water partition coefficient (Wildman–Crippen LogP) is 5.24. The smallest absolute Gasteiger partial charge is 0.330 e. The normalized spacial score (nSPS) is 42.5. The Morgan fingerprint density at radius 3 is 2.64 bits per heavy atom. The summed E-state index contributed by atoms with van der Waals surface area (Å²) in [5.74, 6) is 1.37. The van der Waals surface area contributed by atoms with Crippen LogP contribution in [0.5, 0.6) is 0 Å². The van der Waals surface area contributed by atoms with Crippen molar-refractivity contribution in [3.05, 3.63) is 23.8 Å². The summed E-state index contributed by atoms with van der Waals surface area (Å²) in [4.78, 5) is 25.5. The molecule has 0 unspecified atom stereocenters. The van der Waals surface area contributed by atoms with E-state index < -0.39 is 5.79 Å². The number of carbonyl (C=O) groups is 2. The quantitative estimate of drug-likeness (QED) is 0.427. The van der Waals surface area contributed by atoms with E-state index in [9.17, 15) is 9.59 Å². The number of allylic oxidation sites excluding steroid dienone is 2. The van der Waals surface area contributed by atoms with Crippen molar-refractivity contribution in [2.45, 2.75) is 78.4 Å². The first kappa shape index (κ1) is 23.3. The van der Waals surface area contributed by atoms with Gasteiger partial charge in [0.1, 0.15) is 0 Å². The van der Waals surface area contributed by atoms with Gasteiger partial charge in [0.05, 0.1) is 19.8 Å². The van der Waals surface area contributed by atoms with Gasteiger partial charge in [-0.05, 0) is 79.6 Å². The summed E-state index contributed by atoms with van der Waals surface area (Å²) in [6, 6.07) is 0. The molecule has 0 bridgehead atoms. The molecule has 0 N–H and O–H groups in total. The van der Waals surface area contributed by atoms with Crippen LogP contribution in [0.15, 0.2) is 23.8 Å². The van der Waals surface area contributed by atoms with Crippen LogP contribution in [-0.2, 0) is 23.8 Å². The number of hydrogen-bond donors (Lipinski definition) is 0. The van der Waals surface area contributed by atoms with Crippen LogP contribution in [0.1, 0.15) is 72.6 Å². The molecule has 1 aliphatic heterocycles. The third-order valence-corrected chi connectivity index (χ3v) is 10.3. The summed E-state index contributed by atoms with van der Waals surface area (Å²) in [5, 5.41) is 0. The summed E-state index contributed by atoms with van der Waals surface area (Å²) in [5.41, 5.74) is 1.49. The molecule has 4 fully saturated rings. The fraction of sp³-hybridized carbons (Fsp3) is 0.786. The maximum Gasteiger partial charge on any atom is 0.330 e. The van der Waals surface area contributed by atoms with Crippen LogP contribution in [0, 0.1) is 40.4 Å². The van der Waals surface area contributed by atoms with Crippen LogP contribution in [-0.4, -0.2) is 37.4 Å². The maximum atomic E-state index is 13.6. The lowest BCUT2D eigenvalue weighted by molar-refractivity contribution is -0.185. The Labute approximate surface area is 198 Å². The second kappa shape index (κ2) is 8.34. The van der Waals surface area contributed by atoms with E-state index in [1.165, 1.54) is 5.57 Å². The topological polar surface area (TPSA) is 61.8 Å². The molecule has 0 aromatic carbocycles. The Morgan fingerprint density at radius 1 is 1.15 bits per heavy atom. The summed E-state index contributed by atoms with van der Waals surface area (Å²) in [6.07, 6.45) is 12.9. The monoisotopic (exact) mass is 456 g/mol. The maximum absolute atomic E-state index is 13.6. The zero-order valence-electron chi connectivity index (χ0n) is 20.7. The van der Waals surface area contributed by atoms with Crippen molar-refractivity contribution in [3.63, 3.8) is 0 Å². The van der Waals surface area contributed by atoms with Crippen molar-refractivity contribution in [2.75, 3.05) is 19.8 Å². The Bertz CT molecular complexity index is 868. The zero-order valence-corrected chi connectivity index (χ0v) is 20.7. The first-order chi connectivity index (χ1) is 15.7. The van der Waals surface area contributed by atoms with Crippen LogP contribution in [0.25, 0.3) is 0 Å². The highest BCUT2D eigenvalue weighted by atomic mass is 16.7. The first-order valence-electron chi connectivity index (χ1n) is 13.1. The molecule has 0 aromatic rings. The Morgan fingerprint density at radius 2 is 1.91 bits per heavy atom. The fourth-order valence-electron chi connectivity index (χ4n) is 8.55. The number of ether oxygens (including phenoxy) is 3. The fourth-order valence-corrected chi connectivity index (χ4v) is 8.55. The van der Waals surface area contributed by atoms with Gasteiger partial charge in [0, 0.05) is 24.8 Å². The highest BCUT2D eigenvalue weighted by molar-refractivity contribution is 5.94. The van der Waals surface area contributed by atoms with E-state index in [2.05, 4.69) is 20.8 Å². The van der Waals surface area contributed by atoms with Gasteiger partial charge >= 0.3 is 5.97 Å².